The monoisotopic (exact) mass is 363 g/mol. The molecule has 1 nitrogen and oxygen atoms in total. The van der Waals surface area contributed by atoms with E-state index in [-0.39, 0.29) is 0 Å². The number of nitrogens with one attached hydrogen (secondary N) is 1. The summed E-state index contributed by atoms with van der Waals surface area (Å²) in [6.07, 6.45) is 5.50. The number of halogens is 1. The maximum atomic E-state index is 3.89. The molecular formula is C18H22BrNS. The molecule has 0 spiro atoms. The molecule has 1 N–H and O–H groups in total. The van der Waals surface area contributed by atoms with E-state index in [1.807, 2.05) is 11.3 Å². The average Bonchev–Trinajstić information content (AvgIpc) is 3.18. The summed E-state index contributed by atoms with van der Waals surface area (Å²) < 4.78 is 1.15. The molecule has 112 valence electrons. The molecule has 0 aliphatic heterocycles. The van der Waals surface area contributed by atoms with Gasteiger partial charge in [0.2, 0.25) is 0 Å². The molecular weight excluding hydrogens is 342 g/mol. The molecule has 1 heterocycles. The Balaban J connectivity index is 1.77. The molecule has 1 aromatic heterocycles. The summed E-state index contributed by atoms with van der Waals surface area (Å²) in [5.41, 5.74) is 1.35. The molecule has 0 bridgehead atoms. The summed E-state index contributed by atoms with van der Waals surface area (Å²) in [5, 5.41) is 6.09. The van der Waals surface area contributed by atoms with Gasteiger partial charge in [0.05, 0.1) is 0 Å². The van der Waals surface area contributed by atoms with Crippen LogP contribution in [0, 0.1) is 5.92 Å². The van der Waals surface area contributed by atoms with Gasteiger partial charge in [0.25, 0.3) is 0 Å². The van der Waals surface area contributed by atoms with E-state index in [0.29, 0.717) is 12.1 Å². The first-order valence-electron chi connectivity index (χ1n) is 7.79. The number of benzene rings is 1. The third-order valence-corrected chi connectivity index (χ3v) is 5.95. The maximum Gasteiger partial charge on any atom is 0.0448 e. The van der Waals surface area contributed by atoms with Gasteiger partial charge in [0, 0.05) is 21.4 Å². The molecule has 1 saturated carbocycles. The topological polar surface area (TPSA) is 12.0 Å². The highest BCUT2D eigenvalue weighted by molar-refractivity contribution is 9.10. The second-order valence-corrected chi connectivity index (χ2v) is 7.88. The van der Waals surface area contributed by atoms with Crippen LogP contribution in [0.15, 0.2) is 46.3 Å². The molecule has 21 heavy (non-hydrogen) atoms. The van der Waals surface area contributed by atoms with Gasteiger partial charge in [-0.25, -0.2) is 0 Å². The normalized spacial score (nSPS) is 18.8. The third kappa shape index (κ3) is 3.77. The summed E-state index contributed by atoms with van der Waals surface area (Å²) in [4.78, 5) is 1.49. The third-order valence-electron chi connectivity index (χ3n) is 4.50. The van der Waals surface area contributed by atoms with Crippen LogP contribution in [-0.4, -0.2) is 0 Å². The van der Waals surface area contributed by atoms with Gasteiger partial charge >= 0.3 is 0 Å². The van der Waals surface area contributed by atoms with Gasteiger partial charge < -0.3 is 5.32 Å². The Kier molecular flexibility index (Phi) is 5.15. The second kappa shape index (κ2) is 7.08. The molecule has 2 unspecified atom stereocenters. The molecule has 3 rings (SSSR count). The average molecular weight is 364 g/mol. The fourth-order valence-corrected chi connectivity index (χ4v) is 4.65. The predicted molar refractivity (Wildman–Crippen MR) is 94.7 cm³/mol. The first-order valence-corrected chi connectivity index (χ1v) is 9.46. The minimum atomic E-state index is 0.371. The molecule has 2 aromatic rings. The van der Waals surface area contributed by atoms with Crippen molar-refractivity contribution >= 4 is 27.3 Å². The van der Waals surface area contributed by atoms with Crippen molar-refractivity contribution in [2.75, 3.05) is 0 Å². The van der Waals surface area contributed by atoms with Crippen molar-refractivity contribution in [3.8, 4) is 0 Å². The summed E-state index contributed by atoms with van der Waals surface area (Å²) in [5.74, 6) is 0.790. The Morgan fingerprint density at radius 3 is 2.67 bits per heavy atom. The molecule has 2 atom stereocenters. The second-order valence-electron chi connectivity index (χ2n) is 5.98. The van der Waals surface area contributed by atoms with Crippen LogP contribution in [0.1, 0.15) is 55.1 Å². The minimum Gasteiger partial charge on any atom is -0.302 e. The largest absolute Gasteiger partial charge is 0.302 e. The fourth-order valence-electron chi connectivity index (χ4n) is 3.35. The van der Waals surface area contributed by atoms with E-state index in [2.05, 4.69) is 69.9 Å². The quantitative estimate of drug-likeness (QED) is 0.677. The lowest BCUT2D eigenvalue weighted by Crippen LogP contribution is -2.29. The molecule has 1 fully saturated rings. The van der Waals surface area contributed by atoms with Crippen LogP contribution in [-0.2, 0) is 0 Å². The van der Waals surface area contributed by atoms with E-state index in [4.69, 9.17) is 0 Å². The SMILES string of the molecule is CC(NC(c1cccs1)C1CCCC1)c1cccc(Br)c1. The Labute approximate surface area is 139 Å². The predicted octanol–water partition coefficient (Wildman–Crippen LogP) is 6.09. The van der Waals surface area contributed by atoms with Crippen LogP contribution < -0.4 is 5.32 Å². The van der Waals surface area contributed by atoms with Crippen LogP contribution in [0.25, 0.3) is 0 Å². The van der Waals surface area contributed by atoms with E-state index < -0.39 is 0 Å². The lowest BCUT2D eigenvalue weighted by atomic mass is 9.95. The van der Waals surface area contributed by atoms with Gasteiger partial charge in [-0.3, -0.25) is 0 Å². The Bertz CT molecular complexity index is 560. The Morgan fingerprint density at radius 2 is 2.00 bits per heavy atom. The number of rotatable bonds is 5. The van der Waals surface area contributed by atoms with Crippen molar-refractivity contribution < 1.29 is 0 Å². The highest BCUT2D eigenvalue weighted by Crippen LogP contribution is 2.38. The summed E-state index contributed by atoms with van der Waals surface area (Å²) in [7, 11) is 0. The lowest BCUT2D eigenvalue weighted by Gasteiger charge is -2.28. The van der Waals surface area contributed by atoms with Gasteiger partial charge in [0.15, 0.2) is 0 Å². The highest BCUT2D eigenvalue weighted by Gasteiger charge is 2.28. The standard InChI is InChI=1S/C18H22BrNS/c1-13(15-8-4-9-16(19)12-15)20-18(14-6-2-3-7-14)17-10-5-11-21-17/h4-5,8-14,18,20H,2-3,6-7H2,1H3. The van der Waals surface area contributed by atoms with Crippen LogP contribution >= 0.6 is 27.3 Å². The van der Waals surface area contributed by atoms with E-state index >= 15 is 0 Å². The van der Waals surface area contributed by atoms with E-state index in [0.717, 1.165) is 10.4 Å². The van der Waals surface area contributed by atoms with E-state index in [1.165, 1.54) is 36.1 Å². The first kappa shape index (κ1) is 15.3. The zero-order chi connectivity index (χ0) is 14.7. The Morgan fingerprint density at radius 1 is 1.19 bits per heavy atom. The summed E-state index contributed by atoms with van der Waals surface area (Å²) in [6.45, 7) is 2.28. The van der Waals surface area contributed by atoms with Gasteiger partial charge in [-0.15, -0.1) is 11.3 Å². The molecule has 1 aromatic carbocycles. The summed E-state index contributed by atoms with van der Waals surface area (Å²) >= 11 is 5.46. The number of thiophene rings is 1. The van der Waals surface area contributed by atoms with Crippen molar-refractivity contribution in [3.63, 3.8) is 0 Å². The maximum absolute atomic E-state index is 3.89. The molecule has 1 aliphatic carbocycles. The number of hydrogen-bond donors (Lipinski definition) is 1. The first-order chi connectivity index (χ1) is 10.2. The van der Waals surface area contributed by atoms with Gasteiger partial charge in [-0.1, -0.05) is 47.0 Å². The van der Waals surface area contributed by atoms with Crippen LogP contribution in [0.2, 0.25) is 0 Å². The van der Waals surface area contributed by atoms with E-state index in [9.17, 15) is 0 Å². The van der Waals surface area contributed by atoms with Crippen molar-refractivity contribution in [1.82, 2.24) is 5.32 Å². The van der Waals surface area contributed by atoms with Crippen LogP contribution in [0.5, 0.6) is 0 Å². The molecule has 0 amide bonds. The minimum absolute atomic E-state index is 0.371. The van der Waals surface area contributed by atoms with Crippen LogP contribution in [0.3, 0.4) is 0 Å². The Hall–Kier alpha value is -0.640. The van der Waals surface area contributed by atoms with Gasteiger partial charge in [-0.05, 0) is 54.8 Å². The smallest absolute Gasteiger partial charge is 0.0448 e. The van der Waals surface area contributed by atoms with Crippen molar-refractivity contribution in [3.05, 3.63) is 56.7 Å². The lowest BCUT2D eigenvalue weighted by molar-refractivity contribution is 0.343. The molecule has 3 heteroatoms. The van der Waals surface area contributed by atoms with Crippen molar-refractivity contribution in [2.45, 2.75) is 44.7 Å². The number of hydrogen-bond acceptors (Lipinski definition) is 2. The highest BCUT2D eigenvalue weighted by atomic mass is 79.9. The zero-order valence-corrected chi connectivity index (χ0v) is 14.8. The van der Waals surface area contributed by atoms with Crippen LogP contribution in [0.4, 0.5) is 0 Å². The van der Waals surface area contributed by atoms with Gasteiger partial charge in [-0.2, -0.15) is 0 Å². The van der Waals surface area contributed by atoms with E-state index in [1.54, 1.807) is 0 Å². The molecule has 0 radical (unpaired) electrons. The molecule has 1 aliphatic rings. The van der Waals surface area contributed by atoms with Crippen molar-refractivity contribution in [2.24, 2.45) is 5.92 Å². The van der Waals surface area contributed by atoms with Crippen molar-refractivity contribution in [1.29, 1.82) is 0 Å². The zero-order valence-electron chi connectivity index (χ0n) is 12.4. The molecule has 0 saturated heterocycles. The summed E-state index contributed by atoms with van der Waals surface area (Å²) in [6, 6.07) is 14.0. The fraction of sp³-hybridized carbons (Fsp3) is 0.444. The van der Waals surface area contributed by atoms with Gasteiger partial charge in [0.1, 0.15) is 0 Å².